The Hall–Kier alpha value is -1.95. The lowest BCUT2D eigenvalue weighted by molar-refractivity contribution is 0.181. The molecular weight excluding hydrogens is 320 g/mol. The highest BCUT2D eigenvalue weighted by atomic mass is 32.1. The van der Waals surface area contributed by atoms with Gasteiger partial charge in [0.05, 0.1) is 0 Å². The second-order valence-corrected chi connectivity index (χ2v) is 7.70. The van der Waals surface area contributed by atoms with E-state index < -0.39 is 0 Å². The summed E-state index contributed by atoms with van der Waals surface area (Å²) >= 11 is 1.79. The van der Waals surface area contributed by atoms with E-state index in [1.807, 2.05) is 35.2 Å². The molecule has 1 N–H and O–H groups in total. The van der Waals surface area contributed by atoms with Crippen molar-refractivity contribution < 1.29 is 4.79 Å². The second kappa shape index (κ2) is 6.89. The predicted molar refractivity (Wildman–Crippen MR) is 94.1 cm³/mol. The van der Waals surface area contributed by atoms with Gasteiger partial charge >= 0.3 is 6.03 Å². The van der Waals surface area contributed by atoms with E-state index in [-0.39, 0.29) is 6.03 Å². The van der Waals surface area contributed by atoms with Crippen LogP contribution in [0.3, 0.4) is 0 Å². The van der Waals surface area contributed by atoms with Crippen molar-refractivity contribution in [2.45, 2.75) is 44.1 Å². The topological polar surface area (TPSA) is 58.1 Å². The number of hydrogen-bond acceptors (Lipinski definition) is 4. The Balaban J connectivity index is 1.26. The first-order valence-electron chi connectivity index (χ1n) is 8.69. The maximum Gasteiger partial charge on any atom is 0.317 e. The van der Waals surface area contributed by atoms with Crippen molar-refractivity contribution in [2.24, 2.45) is 0 Å². The fourth-order valence-electron chi connectivity index (χ4n) is 3.12. The quantitative estimate of drug-likeness (QED) is 0.925. The van der Waals surface area contributed by atoms with Crippen molar-refractivity contribution in [3.05, 3.63) is 45.9 Å². The molecule has 0 spiro atoms. The van der Waals surface area contributed by atoms with Crippen LogP contribution in [0.1, 0.15) is 53.1 Å². The summed E-state index contributed by atoms with van der Waals surface area (Å²) in [5.74, 6) is 1.15. The van der Waals surface area contributed by atoms with Crippen molar-refractivity contribution in [1.82, 2.24) is 20.4 Å². The minimum atomic E-state index is 0.0354. The summed E-state index contributed by atoms with van der Waals surface area (Å²) in [6.45, 7) is 2.17. The maximum absolute atomic E-state index is 12.3. The Bertz CT molecular complexity index is 690. The SMILES string of the molecule is O=C(NCc1ccccc1)N1CCC(c2nnc(C3CC3)s2)CC1. The summed E-state index contributed by atoms with van der Waals surface area (Å²) in [4.78, 5) is 14.2. The van der Waals surface area contributed by atoms with Crippen LogP contribution in [0.25, 0.3) is 0 Å². The van der Waals surface area contributed by atoms with Gasteiger partial charge in [-0.15, -0.1) is 21.5 Å². The van der Waals surface area contributed by atoms with Gasteiger partial charge in [0.25, 0.3) is 0 Å². The van der Waals surface area contributed by atoms with Crippen molar-refractivity contribution >= 4 is 17.4 Å². The van der Waals surface area contributed by atoms with Crippen LogP contribution in [-0.4, -0.2) is 34.2 Å². The van der Waals surface area contributed by atoms with Gasteiger partial charge < -0.3 is 10.2 Å². The normalized spacial score (nSPS) is 18.6. The molecular formula is C18H22N4OS. The Kier molecular flexibility index (Phi) is 4.47. The van der Waals surface area contributed by atoms with Crippen LogP contribution in [0.2, 0.25) is 0 Å². The molecule has 6 heteroatoms. The number of carbonyl (C=O) groups excluding carboxylic acids is 1. The minimum Gasteiger partial charge on any atom is -0.334 e. The van der Waals surface area contributed by atoms with Crippen LogP contribution in [-0.2, 0) is 6.54 Å². The molecule has 2 fully saturated rings. The van der Waals surface area contributed by atoms with E-state index in [0.717, 1.165) is 31.5 Å². The third-order valence-electron chi connectivity index (χ3n) is 4.80. The van der Waals surface area contributed by atoms with Crippen LogP contribution in [0.5, 0.6) is 0 Å². The van der Waals surface area contributed by atoms with Crippen molar-refractivity contribution in [3.8, 4) is 0 Å². The lowest BCUT2D eigenvalue weighted by atomic mass is 9.98. The molecule has 1 saturated carbocycles. The van der Waals surface area contributed by atoms with Crippen molar-refractivity contribution in [1.29, 1.82) is 0 Å². The zero-order chi connectivity index (χ0) is 16.4. The highest BCUT2D eigenvalue weighted by Crippen LogP contribution is 2.43. The van der Waals surface area contributed by atoms with Crippen LogP contribution in [0, 0.1) is 0 Å². The highest BCUT2D eigenvalue weighted by molar-refractivity contribution is 7.11. The molecule has 1 aliphatic heterocycles. The molecule has 1 aliphatic carbocycles. The molecule has 2 amide bonds. The van der Waals surface area contributed by atoms with E-state index >= 15 is 0 Å². The zero-order valence-corrected chi connectivity index (χ0v) is 14.5. The Morgan fingerprint density at radius 2 is 1.67 bits per heavy atom. The first-order chi connectivity index (χ1) is 11.8. The molecule has 0 bridgehead atoms. The van der Waals surface area contributed by atoms with E-state index in [9.17, 15) is 4.79 Å². The van der Waals surface area contributed by atoms with Crippen LogP contribution >= 0.6 is 11.3 Å². The molecule has 1 aromatic carbocycles. The Labute approximate surface area is 146 Å². The molecule has 0 unspecified atom stereocenters. The molecule has 1 saturated heterocycles. The smallest absolute Gasteiger partial charge is 0.317 e. The summed E-state index contributed by atoms with van der Waals surface area (Å²) in [6, 6.07) is 10.1. The van der Waals surface area contributed by atoms with E-state index in [1.165, 1.54) is 22.9 Å². The number of urea groups is 1. The summed E-state index contributed by atoms with van der Waals surface area (Å²) < 4.78 is 0. The summed E-state index contributed by atoms with van der Waals surface area (Å²) in [5, 5.41) is 14.1. The number of aromatic nitrogens is 2. The lowest BCUT2D eigenvalue weighted by Gasteiger charge is -2.31. The van der Waals surface area contributed by atoms with Crippen molar-refractivity contribution in [3.63, 3.8) is 0 Å². The highest BCUT2D eigenvalue weighted by Gasteiger charge is 2.30. The molecule has 0 atom stereocenters. The first-order valence-corrected chi connectivity index (χ1v) is 9.51. The summed E-state index contributed by atoms with van der Waals surface area (Å²) in [7, 11) is 0. The van der Waals surface area contributed by atoms with Crippen molar-refractivity contribution in [2.75, 3.05) is 13.1 Å². The van der Waals surface area contributed by atoms with Gasteiger partial charge in [0.2, 0.25) is 0 Å². The molecule has 2 heterocycles. The van der Waals surface area contributed by atoms with Gasteiger partial charge in [-0.25, -0.2) is 4.79 Å². The molecule has 0 radical (unpaired) electrons. The minimum absolute atomic E-state index is 0.0354. The van der Waals surface area contributed by atoms with Gasteiger partial charge in [0.15, 0.2) is 0 Å². The molecule has 2 aromatic rings. The Morgan fingerprint density at radius 3 is 2.29 bits per heavy atom. The number of hydrogen-bond donors (Lipinski definition) is 1. The molecule has 4 rings (SSSR count). The first kappa shape index (κ1) is 15.6. The largest absolute Gasteiger partial charge is 0.334 e. The van der Waals surface area contributed by atoms with Gasteiger partial charge in [-0.05, 0) is 31.2 Å². The summed E-state index contributed by atoms with van der Waals surface area (Å²) in [5.41, 5.74) is 1.13. The number of benzene rings is 1. The number of piperidine rings is 1. The number of nitrogens with zero attached hydrogens (tertiary/aromatic N) is 3. The third kappa shape index (κ3) is 3.59. The maximum atomic E-state index is 12.3. The Morgan fingerprint density at radius 1 is 1.04 bits per heavy atom. The lowest BCUT2D eigenvalue weighted by Crippen LogP contribution is -2.43. The second-order valence-electron chi connectivity index (χ2n) is 6.66. The number of amides is 2. The van der Waals surface area contributed by atoms with E-state index in [0.29, 0.717) is 18.4 Å². The standard InChI is InChI=1S/C18H22N4OS/c23-18(19-12-13-4-2-1-3-5-13)22-10-8-15(9-11-22)17-21-20-16(24-17)14-6-7-14/h1-5,14-15H,6-12H2,(H,19,23). The van der Waals surface area contributed by atoms with Gasteiger partial charge in [0, 0.05) is 31.5 Å². The van der Waals surface area contributed by atoms with Gasteiger partial charge in [-0.3, -0.25) is 0 Å². The molecule has 126 valence electrons. The molecule has 2 aliphatic rings. The van der Waals surface area contributed by atoms with Gasteiger partial charge in [0.1, 0.15) is 10.0 Å². The number of nitrogens with one attached hydrogen (secondary N) is 1. The average molecular weight is 342 g/mol. The predicted octanol–water partition coefficient (Wildman–Crippen LogP) is 3.50. The number of likely N-dealkylation sites (tertiary alicyclic amines) is 1. The molecule has 1 aromatic heterocycles. The van der Waals surface area contributed by atoms with Gasteiger partial charge in [-0.2, -0.15) is 0 Å². The van der Waals surface area contributed by atoms with Crippen LogP contribution in [0.4, 0.5) is 4.79 Å². The number of carbonyl (C=O) groups is 1. The van der Waals surface area contributed by atoms with E-state index in [1.54, 1.807) is 11.3 Å². The fraction of sp³-hybridized carbons (Fsp3) is 0.500. The zero-order valence-electron chi connectivity index (χ0n) is 13.6. The van der Waals surface area contributed by atoms with Crippen LogP contribution < -0.4 is 5.32 Å². The van der Waals surface area contributed by atoms with E-state index in [2.05, 4.69) is 15.5 Å². The molecule has 5 nitrogen and oxygen atoms in total. The summed E-state index contributed by atoms with van der Waals surface area (Å²) in [6.07, 6.45) is 4.51. The average Bonchev–Trinajstić information content (AvgIpc) is 3.38. The third-order valence-corrected chi connectivity index (χ3v) is 6.05. The van der Waals surface area contributed by atoms with Gasteiger partial charge in [-0.1, -0.05) is 30.3 Å². The number of rotatable bonds is 4. The fourth-order valence-corrected chi connectivity index (χ4v) is 4.30. The van der Waals surface area contributed by atoms with E-state index in [4.69, 9.17) is 0 Å². The molecule has 24 heavy (non-hydrogen) atoms. The van der Waals surface area contributed by atoms with Crippen LogP contribution in [0.15, 0.2) is 30.3 Å². The monoisotopic (exact) mass is 342 g/mol.